The zero-order valence-corrected chi connectivity index (χ0v) is 17.4. The summed E-state index contributed by atoms with van der Waals surface area (Å²) >= 11 is 1.31. The molecule has 0 bridgehead atoms. The lowest BCUT2D eigenvalue weighted by atomic mass is 10.1. The van der Waals surface area contributed by atoms with E-state index in [-0.39, 0.29) is 5.76 Å². The maximum absolute atomic E-state index is 12.6. The third kappa shape index (κ3) is 5.01. The van der Waals surface area contributed by atoms with Gasteiger partial charge in [-0.1, -0.05) is 30.3 Å². The molecule has 0 atom stereocenters. The number of ether oxygens (including phenoxy) is 2. The molecule has 31 heavy (non-hydrogen) atoms. The molecule has 1 aliphatic heterocycles. The van der Waals surface area contributed by atoms with Crippen LogP contribution in [0.5, 0.6) is 0 Å². The Morgan fingerprint density at radius 2 is 1.84 bits per heavy atom. The third-order valence-corrected chi connectivity index (χ3v) is 5.80. The average Bonchev–Trinajstić information content (AvgIpc) is 3.49. The second-order valence-corrected chi connectivity index (χ2v) is 7.76. The predicted octanol–water partition coefficient (Wildman–Crippen LogP) is 2.96. The molecule has 2 aromatic heterocycles. The molecule has 1 aromatic carbocycles. The highest BCUT2D eigenvalue weighted by Crippen LogP contribution is 2.39. The summed E-state index contributed by atoms with van der Waals surface area (Å²) in [6.45, 7) is 2.13. The molecule has 1 aliphatic rings. The summed E-state index contributed by atoms with van der Waals surface area (Å²) in [5.74, 6) is -2.05. The number of thiophene rings is 1. The van der Waals surface area contributed by atoms with Crippen LogP contribution in [-0.2, 0) is 14.3 Å². The van der Waals surface area contributed by atoms with Gasteiger partial charge >= 0.3 is 5.97 Å². The number of anilines is 1. The molecule has 1 saturated heterocycles. The summed E-state index contributed by atoms with van der Waals surface area (Å²) in [5.41, 5.74) is 1.91. The molecule has 1 fully saturated rings. The number of carbonyl (C=O) groups is 3. The van der Waals surface area contributed by atoms with Crippen molar-refractivity contribution in [3.05, 3.63) is 65.4 Å². The Morgan fingerprint density at radius 3 is 2.55 bits per heavy atom. The standard InChI is InChI=1S/C22H20N2O6S/c25-19(23-20(26)17-7-4-10-29-17)14-30-22(27)18-13-16(15-5-2-1-3-6-15)21(31-18)24-8-11-28-12-9-24/h1-7,10,13H,8-9,11-12,14H2,(H,23,25,26). The van der Waals surface area contributed by atoms with Crippen LogP contribution in [0.4, 0.5) is 5.00 Å². The van der Waals surface area contributed by atoms with Crippen molar-refractivity contribution in [3.8, 4) is 11.1 Å². The van der Waals surface area contributed by atoms with Gasteiger partial charge in [-0.2, -0.15) is 0 Å². The fraction of sp³-hybridized carbons (Fsp3) is 0.227. The molecule has 3 heterocycles. The molecule has 8 nitrogen and oxygen atoms in total. The van der Waals surface area contributed by atoms with Crippen molar-refractivity contribution in [3.63, 3.8) is 0 Å². The fourth-order valence-corrected chi connectivity index (χ4v) is 4.27. The number of imide groups is 1. The minimum Gasteiger partial charge on any atom is -0.459 e. The lowest BCUT2D eigenvalue weighted by molar-refractivity contribution is -0.123. The van der Waals surface area contributed by atoms with E-state index in [2.05, 4.69) is 10.2 Å². The van der Waals surface area contributed by atoms with Gasteiger partial charge < -0.3 is 18.8 Å². The Morgan fingerprint density at radius 1 is 1.06 bits per heavy atom. The average molecular weight is 440 g/mol. The first-order valence-corrected chi connectivity index (χ1v) is 10.5. The van der Waals surface area contributed by atoms with E-state index in [0.717, 1.165) is 29.2 Å². The molecule has 9 heteroatoms. The van der Waals surface area contributed by atoms with E-state index in [1.165, 1.54) is 29.7 Å². The van der Waals surface area contributed by atoms with Gasteiger partial charge in [-0.3, -0.25) is 14.9 Å². The molecule has 0 saturated carbocycles. The van der Waals surface area contributed by atoms with Crippen molar-refractivity contribution >= 4 is 34.1 Å². The van der Waals surface area contributed by atoms with Crippen molar-refractivity contribution < 1.29 is 28.3 Å². The van der Waals surface area contributed by atoms with Crippen molar-refractivity contribution in [2.24, 2.45) is 0 Å². The number of esters is 1. The highest BCUT2D eigenvalue weighted by Gasteiger charge is 2.23. The summed E-state index contributed by atoms with van der Waals surface area (Å²) in [6, 6.07) is 14.5. The third-order valence-electron chi connectivity index (χ3n) is 4.63. The maximum Gasteiger partial charge on any atom is 0.348 e. The first kappa shape index (κ1) is 20.8. The van der Waals surface area contributed by atoms with E-state index in [9.17, 15) is 14.4 Å². The van der Waals surface area contributed by atoms with Crippen LogP contribution in [0.3, 0.4) is 0 Å². The predicted molar refractivity (Wildman–Crippen MR) is 114 cm³/mol. The molecule has 1 N–H and O–H groups in total. The minimum absolute atomic E-state index is 0.000546. The molecule has 2 amide bonds. The van der Waals surface area contributed by atoms with Crippen molar-refractivity contribution in [2.75, 3.05) is 37.8 Å². The zero-order valence-electron chi connectivity index (χ0n) is 16.5. The van der Waals surface area contributed by atoms with E-state index in [1.54, 1.807) is 6.07 Å². The molecule has 3 aromatic rings. The Labute approximate surface area is 182 Å². The molecule has 0 radical (unpaired) electrons. The highest BCUT2D eigenvalue weighted by molar-refractivity contribution is 7.18. The van der Waals surface area contributed by atoms with E-state index in [4.69, 9.17) is 13.9 Å². The van der Waals surface area contributed by atoms with E-state index in [1.807, 2.05) is 30.3 Å². The lowest BCUT2D eigenvalue weighted by Gasteiger charge is -2.28. The second-order valence-electron chi connectivity index (χ2n) is 6.73. The van der Waals surface area contributed by atoms with E-state index in [0.29, 0.717) is 18.1 Å². The van der Waals surface area contributed by atoms with Crippen LogP contribution >= 0.6 is 11.3 Å². The molecular formula is C22H20N2O6S. The summed E-state index contributed by atoms with van der Waals surface area (Å²) in [6.07, 6.45) is 1.33. The van der Waals surface area contributed by atoms with Gasteiger partial charge in [0.2, 0.25) is 0 Å². The Bertz CT molecular complexity index is 1060. The van der Waals surface area contributed by atoms with Crippen LogP contribution in [0.2, 0.25) is 0 Å². The highest BCUT2D eigenvalue weighted by atomic mass is 32.1. The van der Waals surface area contributed by atoms with E-state index < -0.39 is 24.4 Å². The number of carbonyl (C=O) groups excluding carboxylic acids is 3. The largest absolute Gasteiger partial charge is 0.459 e. The monoisotopic (exact) mass is 440 g/mol. The molecule has 0 aliphatic carbocycles. The van der Waals surface area contributed by atoms with Crippen LogP contribution in [-0.4, -0.2) is 50.7 Å². The summed E-state index contributed by atoms with van der Waals surface area (Å²) in [5, 5.41) is 3.07. The maximum atomic E-state index is 12.6. The molecule has 0 spiro atoms. The Kier molecular flexibility index (Phi) is 6.44. The SMILES string of the molecule is O=C(COC(=O)c1cc(-c2ccccc2)c(N2CCOCC2)s1)NC(=O)c1ccco1. The van der Waals surface area contributed by atoms with Crippen LogP contribution < -0.4 is 10.2 Å². The van der Waals surface area contributed by atoms with Crippen LogP contribution in [0.1, 0.15) is 20.2 Å². The number of amides is 2. The van der Waals surface area contributed by atoms with Gasteiger partial charge in [0, 0.05) is 18.7 Å². The van der Waals surface area contributed by atoms with Crippen LogP contribution in [0.15, 0.2) is 59.2 Å². The summed E-state index contributed by atoms with van der Waals surface area (Å²) in [7, 11) is 0. The topological polar surface area (TPSA) is 98.1 Å². The smallest absolute Gasteiger partial charge is 0.348 e. The van der Waals surface area contributed by atoms with E-state index >= 15 is 0 Å². The molecule has 4 rings (SSSR count). The van der Waals surface area contributed by atoms with Crippen molar-refractivity contribution in [1.82, 2.24) is 5.32 Å². The van der Waals surface area contributed by atoms with Crippen LogP contribution in [0.25, 0.3) is 11.1 Å². The lowest BCUT2D eigenvalue weighted by Crippen LogP contribution is -2.35. The van der Waals surface area contributed by atoms with Gasteiger partial charge in [-0.25, -0.2) is 4.79 Å². The minimum atomic E-state index is -0.733. The van der Waals surface area contributed by atoms with Gasteiger partial charge in [0.15, 0.2) is 12.4 Å². The number of hydrogen-bond donors (Lipinski definition) is 1. The summed E-state index contributed by atoms with van der Waals surface area (Å²) < 4.78 is 15.5. The first-order valence-electron chi connectivity index (χ1n) is 9.68. The number of furan rings is 1. The van der Waals surface area contributed by atoms with Crippen molar-refractivity contribution in [2.45, 2.75) is 0 Å². The molecule has 160 valence electrons. The fourth-order valence-electron chi connectivity index (χ4n) is 3.14. The molecule has 0 unspecified atom stereocenters. The van der Waals surface area contributed by atoms with Gasteiger partial charge in [-0.05, 0) is 23.8 Å². The first-order chi connectivity index (χ1) is 15.1. The number of nitrogens with one attached hydrogen (secondary N) is 1. The van der Waals surface area contributed by atoms with Gasteiger partial charge in [0.1, 0.15) is 4.88 Å². The van der Waals surface area contributed by atoms with Gasteiger partial charge in [-0.15, -0.1) is 11.3 Å². The number of morpholine rings is 1. The Hall–Kier alpha value is -3.43. The number of hydrogen-bond acceptors (Lipinski definition) is 8. The number of rotatable bonds is 6. The second kappa shape index (κ2) is 9.59. The Balaban J connectivity index is 1.45. The van der Waals surface area contributed by atoms with Gasteiger partial charge in [0.25, 0.3) is 11.8 Å². The molecular weight excluding hydrogens is 420 g/mol. The number of benzene rings is 1. The quantitative estimate of drug-likeness (QED) is 0.589. The zero-order chi connectivity index (χ0) is 21.6. The van der Waals surface area contributed by atoms with Crippen LogP contribution in [0, 0.1) is 0 Å². The van der Waals surface area contributed by atoms with Crippen molar-refractivity contribution in [1.29, 1.82) is 0 Å². The normalized spacial score (nSPS) is 13.6. The summed E-state index contributed by atoms with van der Waals surface area (Å²) in [4.78, 5) is 39.0. The van der Waals surface area contributed by atoms with Gasteiger partial charge in [0.05, 0.1) is 24.5 Å². The number of nitrogens with zero attached hydrogens (tertiary/aromatic N) is 1.